The molecule has 0 bridgehead atoms. The Hall–Kier alpha value is -2.91. The van der Waals surface area contributed by atoms with Crippen LogP contribution in [0.1, 0.15) is 32.1 Å². The Bertz CT molecular complexity index is 674. The molecule has 0 aromatic heterocycles. The third-order valence-corrected chi connectivity index (χ3v) is 4.74. The lowest BCUT2D eigenvalue weighted by Gasteiger charge is -2.20. The van der Waals surface area contributed by atoms with Gasteiger partial charge in [0.25, 0.3) is 0 Å². The maximum absolute atomic E-state index is 11.5. The van der Waals surface area contributed by atoms with E-state index in [-0.39, 0.29) is 24.2 Å². The highest BCUT2D eigenvalue weighted by Gasteiger charge is 2.57. The minimum Gasteiger partial charge on any atom is -0.511 e. The summed E-state index contributed by atoms with van der Waals surface area (Å²) in [5.74, 6) is -4.08. The molecular weight excluding hydrogens is 376 g/mol. The summed E-state index contributed by atoms with van der Waals surface area (Å²) in [7, 11) is 4.77. The van der Waals surface area contributed by atoms with Gasteiger partial charge in [0.1, 0.15) is 11.7 Å². The van der Waals surface area contributed by atoms with Gasteiger partial charge in [-0.05, 0) is 25.7 Å². The number of aliphatic hydroxyl groups is 1. The van der Waals surface area contributed by atoms with Crippen LogP contribution in [-0.2, 0) is 42.9 Å². The highest BCUT2D eigenvalue weighted by molar-refractivity contribution is 6.21. The first-order valence-corrected chi connectivity index (χ1v) is 8.49. The molecule has 1 N–H and O–H groups in total. The Morgan fingerprint density at radius 2 is 1.50 bits per heavy atom. The molecule has 10 nitrogen and oxygen atoms in total. The van der Waals surface area contributed by atoms with E-state index >= 15 is 0 Å². The third kappa shape index (κ3) is 4.32. The van der Waals surface area contributed by atoms with Crippen LogP contribution < -0.4 is 0 Å². The van der Waals surface area contributed by atoms with E-state index in [0.29, 0.717) is 19.3 Å². The van der Waals surface area contributed by atoms with E-state index in [1.807, 2.05) is 0 Å². The van der Waals surface area contributed by atoms with Gasteiger partial charge in [-0.25, -0.2) is 4.79 Å². The van der Waals surface area contributed by atoms with Crippen molar-refractivity contribution in [3.8, 4) is 0 Å². The van der Waals surface area contributed by atoms with Gasteiger partial charge in [-0.2, -0.15) is 0 Å². The van der Waals surface area contributed by atoms with Crippen molar-refractivity contribution in [2.24, 2.45) is 11.3 Å². The number of aliphatic hydroxyl groups excluding tert-OH is 1. The number of ether oxygens (including phenoxy) is 4. The van der Waals surface area contributed by atoms with E-state index in [0.717, 1.165) is 14.2 Å². The minimum atomic E-state index is -1.69. The first-order chi connectivity index (χ1) is 13.2. The fraction of sp³-hybridized carbons (Fsp3) is 0.611. The lowest BCUT2D eigenvalue weighted by Crippen LogP contribution is -2.44. The zero-order chi connectivity index (χ0) is 21.5. The van der Waals surface area contributed by atoms with Gasteiger partial charge in [-0.1, -0.05) is 0 Å². The fourth-order valence-corrected chi connectivity index (χ4v) is 3.20. The highest BCUT2D eigenvalue weighted by atomic mass is 16.5. The van der Waals surface area contributed by atoms with Crippen LogP contribution in [0.15, 0.2) is 11.3 Å². The van der Waals surface area contributed by atoms with Gasteiger partial charge in [0.05, 0.1) is 34.0 Å². The summed E-state index contributed by atoms with van der Waals surface area (Å²) in [6.45, 7) is 0. The number of rotatable bonds is 4. The van der Waals surface area contributed by atoms with Crippen molar-refractivity contribution in [2.75, 3.05) is 28.4 Å². The van der Waals surface area contributed by atoms with E-state index in [2.05, 4.69) is 18.9 Å². The van der Waals surface area contributed by atoms with E-state index in [4.69, 9.17) is 0 Å². The summed E-state index contributed by atoms with van der Waals surface area (Å²) in [6, 6.07) is 0. The molecule has 2 aliphatic carbocycles. The number of hydrogen-bond acceptors (Lipinski definition) is 10. The van der Waals surface area contributed by atoms with Gasteiger partial charge < -0.3 is 24.1 Å². The lowest BCUT2D eigenvalue weighted by atomic mass is 9.85. The molecule has 0 aromatic carbocycles. The van der Waals surface area contributed by atoms with Crippen LogP contribution in [0.5, 0.6) is 0 Å². The second-order valence-electron chi connectivity index (χ2n) is 6.14. The number of methoxy groups -OCH3 is 4. The second-order valence-corrected chi connectivity index (χ2v) is 6.14. The zero-order valence-corrected chi connectivity index (χ0v) is 16.2. The van der Waals surface area contributed by atoms with E-state index in [1.165, 1.54) is 14.2 Å². The lowest BCUT2D eigenvalue weighted by molar-refractivity contribution is -0.170. The van der Waals surface area contributed by atoms with E-state index < -0.39 is 41.0 Å². The van der Waals surface area contributed by atoms with Crippen LogP contribution in [0.25, 0.3) is 0 Å². The van der Waals surface area contributed by atoms with Crippen LogP contribution in [0.3, 0.4) is 0 Å². The number of ketones is 1. The van der Waals surface area contributed by atoms with Gasteiger partial charge in [-0.3, -0.25) is 19.2 Å². The number of carbonyl (C=O) groups excluding carboxylic acids is 5. The molecule has 0 aromatic rings. The van der Waals surface area contributed by atoms with Crippen molar-refractivity contribution in [1.82, 2.24) is 0 Å². The van der Waals surface area contributed by atoms with Crippen LogP contribution in [0.4, 0.5) is 0 Å². The minimum absolute atomic E-state index is 0.169. The number of hydrogen-bond donors (Lipinski definition) is 1. The molecule has 0 aliphatic heterocycles. The smallest absolute Gasteiger partial charge is 0.337 e. The van der Waals surface area contributed by atoms with Crippen molar-refractivity contribution in [3.05, 3.63) is 11.3 Å². The molecule has 2 aliphatic rings. The molecule has 1 saturated carbocycles. The van der Waals surface area contributed by atoms with E-state index in [9.17, 15) is 29.1 Å². The summed E-state index contributed by atoms with van der Waals surface area (Å²) in [5.41, 5.74) is -1.52. The standard InChI is InChI=1S/2C9H12O5/c1-13-7(11)9(8(12)14-2)5-3-4-6(9)10;1-13-8(11)5-3-4-6(7(5)10)9(12)14-2/h3-5H2,1-2H3;5,10H,3-4H2,1-2H3. The van der Waals surface area contributed by atoms with Gasteiger partial charge in [-0.15, -0.1) is 0 Å². The predicted octanol–water partition coefficient (Wildman–Crippen LogP) is 0.626. The normalized spacial score (nSPS) is 20.0. The maximum Gasteiger partial charge on any atom is 0.337 e. The Balaban J connectivity index is 0.000000280. The topological polar surface area (TPSA) is 143 Å². The van der Waals surface area contributed by atoms with Crippen LogP contribution in [0.2, 0.25) is 0 Å². The molecule has 28 heavy (non-hydrogen) atoms. The SMILES string of the molecule is COC(=O)C1(C(=O)OC)CCCC1=O.COC(=O)C1=C(O)C(C(=O)OC)CC1. The van der Waals surface area contributed by atoms with Crippen molar-refractivity contribution in [3.63, 3.8) is 0 Å². The molecule has 0 saturated heterocycles. The van der Waals surface area contributed by atoms with Gasteiger partial charge in [0.2, 0.25) is 5.41 Å². The summed E-state index contributed by atoms with van der Waals surface area (Å²) in [4.78, 5) is 56.5. The summed E-state index contributed by atoms with van der Waals surface area (Å²) in [5, 5.41) is 9.53. The summed E-state index contributed by atoms with van der Waals surface area (Å²) < 4.78 is 17.9. The molecule has 10 heteroatoms. The second kappa shape index (κ2) is 9.86. The average Bonchev–Trinajstić information content (AvgIpc) is 3.29. The summed E-state index contributed by atoms with van der Waals surface area (Å²) >= 11 is 0. The van der Waals surface area contributed by atoms with Crippen molar-refractivity contribution < 1.29 is 48.0 Å². The first-order valence-electron chi connectivity index (χ1n) is 8.49. The van der Waals surface area contributed by atoms with Gasteiger partial charge in [0, 0.05) is 6.42 Å². The van der Waals surface area contributed by atoms with Gasteiger partial charge in [0.15, 0.2) is 5.78 Å². The molecule has 0 amide bonds. The number of Topliss-reactive ketones (excluding diaryl/α,β-unsaturated/α-hetero) is 1. The van der Waals surface area contributed by atoms with Crippen molar-refractivity contribution >= 4 is 29.7 Å². The average molecular weight is 400 g/mol. The van der Waals surface area contributed by atoms with Gasteiger partial charge >= 0.3 is 23.9 Å². The monoisotopic (exact) mass is 400 g/mol. The Morgan fingerprint density at radius 1 is 0.929 bits per heavy atom. The molecule has 2 rings (SSSR count). The molecule has 0 radical (unpaired) electrons. The van der Waals surface area contributed by atoms with Crippen molar-refractivity contribution in [1.29, 1.82) is 0 Å². The molecule has 156 valence electrons. The van der Waals surface area contributed by atoms with Crippen LogP contribution in [0, 0.1) is 11.3 Å². The zero-order valence-electron chi connectivity index (χ0n) is 16.2. The maximum atomic E-state index is 11.5. The third-order valence-electron chi connectivity index (χ3n) is 4.74. The molecule has 1 fully saturated rings. The molecule has 1 atom stereocenters. The quantitative estimate of drug-likeness (QED) is 0.405. The van der Waals surface area contributed by atoms with Crippen LogP contribution >= 0.6 is 0 Å². The first kappa shape index (κ1) is 23.1. The Kier molecular flexibility index (Phi) is 8.15. The Morgan fingerprint density at radius 3 is 1.89 bits per heavy atom. The highest BCUT2D eigenvalue weighted by Crippen LogP contribution is 2.37. The van der Waals surface area contributed by atoms with Crippen molar-refractivity contribution in [2.45, 2.75) is 32.1 Å². The molecule has 1 unspecified atom stereocenters. The Labute approximate surface area is 161 Å². The van der Waals surface area contributed by atoms with E-state index in [1.54, 1.807) is 0 Å². The van der Waals surface area contributed by atoms with Crippen LogP contribution in [-0.4, -0.2) is 63.2 Å². The number of esters is 4. The summed E-state index contributed by atoms with van der Waals surface area (Å²) in [6.07, 6.45) is 1.67. The largest absolute Gasteiger partial charge is 0.511 e. The predicted molar refractivity (Wildman–Crippen MR) is 91.7 cm³/mol. The molecule has 0 spiro atoms. The fourth-order valence-electron chi connectivity index (χ4n) is 3.20. The molecule has 0 heterocycles. The molecular formula is C18H24O10. The number of carbonyl (C=O) groups is 5.